The number of fused-ring (bicyclic) bond motifs is 1. The van der Waals surface area contributed by atoms with Gasteiger partial charge in [-0.1, -0.05) is 12.1 Å². The number of amides is 2. The van der Waals surface area contributed by atoms with Gasteiger partial charge in [-0.3, -0.25) is 14.5 Å². The second kappa shape index (κ2) is 4.73. The van der Waals surface area contributed by atoms with Gasteiger partial charge in [-0.15, -0.1) is 0 Å². The van der Waals surface area contributed by atoms with Crippen LogP contribution in [-0.2, 0) is 16.1 Å². The number of likely N-dealkylation sites (tertiary alicyclic amines) is 1. The first-order chi connectivity index (χ1) is 10.2. The number of benzene rings is 1. The Morgan fingerprint density at radius 1 is 1.24 bits per heavy atom. The van der Waals surface area contributed by atoms with Gasteiger partial charge in [-0.25, -0.2) is 0 Å². The summed E-state index contributed by atoms with van der Waals surface area (Å²) in [7, 11) is 0. The monoisotopic (exact) mass is 288 g/mol. The van der Waals surface area contributed by atoms with Crippen LogP contribution in [0.5, 0.6) is 11.5 Å². The van der Waals surface area contributed by atoms with Gasteiger partial charge < -0.3 is 14.8 Å². The third-order valence-electron chi connectivity index (χ3n) is 4.11. The van der Waals surface area contributed by atoms with Crippen molar-refractivity contribution in [1.29, 1.82) is 0 Å². The van der Waals surface area contributed by atoms with Crippen molar-refractivity contribution < 1.29 is 19.1 Å². The van der Waals surface area contributed by atoms with Crippen molar-refractivity contribution in [3.63, 3.8) is 0 Å². The van der Waals surface area contributed by atoms with Gasteiger partial charge in [0.1, 0.15) is 0 Å². The molecule has 3 aliphatic rings. The standard InChI is InChI=1S/C15H16N2O4/c18-13-6-11(15(19)17(13)10-4-5-10)16-7-9-2-1-3-12-14(9)21-8-20-12/h1-3,10-11,16H,4-8H2. The van der Waals surface area contributed by atoms with Gasteiger partial charge in [0.15, 0.2) is 11.5 Å². The van der Waals surface area contributed by atoms with Gasteiger partial charge in [0.2, 0.25) is 18.6 Å². The molecular formula is C15H16N2O4. The molecule has 1 saturated carbocycles. The van der Waals surface area contributed by atoms with Gasteiger partial charge in [0, 0.05) is 18.2 Å². The van der Waals surface area contributed by atoms with Crippen LogP contribution < -0.4 is 14.8 Å². The van der Waals surface area contributed by atoms with Crippen LogP contribution in [0.2, 0.25) is 0 Å². The molecule has 2 amide bonds. The Labute approximate surface area is 122 Å². The average molecular weight is 288 g/mol. The fraction of sp³-hybridized carbons (Fsp3) is 0.467. The molecule has 0 radical (unpaired) electrons. The van der Waals surface area contributed by atoms with Crippen LogP contribution in [0.25, 0.3) is 0 Å². The second-order valence-corrected chi connectivity index (χ2v) is 5.62. The maximum Gasteiger partial charge on any atom is 0.247 e. The number of nitrogens with zero attached hydrogens (tertiary/aromatic N) is 1. The number of para-hydroxylation sites is 1. The topological polar surface area (TPSA) is 67.9 Å². The first-order valence-corrected chi connectivity index (χ1v) is 7.21. The van der Waals surface area contributed by atoms with E-state index in [1.165, 1.54) is 4.90 Å². The van der Waals surface area contributed by atoms with Crippen LogP contribution in [0, 0.1) is 0 Å². The van der Waals surface area contributed by atoms with E-state index in [-0.39, 0.29) is 31.1 Å². The molecule has 6 nitrogen and oxygen atoms in total. The predicted octanol–water partition coefficient (Wildman–Crippen LogP) is 0.795. The molecule has 0 spiro atoms. The molecule has 2 fully saturated rings. The van der Waals surface area contributed by atoms with Crippen molar-refractivity contribution in [2.75, 3.05) is 6.79 Å². The minimum Gasteiger partial charge on any atom is -0.454 e. The quantitative estimate of drug-likeness (QED) is 0.830. The highest BCUT2D eigenvalue weighted by molar-refractivity contribution is 6.06. The van der Waals surface area contributed by atoms with Crippen LogP contribution in [0.15, 0.2) is 18.2 Å². The summed E-state index contributed by atoms with van der Waals surface area (Å²) in [6, 6.07) is 5.40. The highest BCUT2D eigenvalue weighted by Crippen LogP contribution is 2.35. The van der Waals surface area contributed by atoms with Gasteiger partial charge >= 0.3 is 0 Å². The Bertz CT molecular complexity index is 612. The van der Waals surface area contributed by atoms with Crippen LogP contribution in [-0.4, -0.2) is 35.6 Å². The molecule has 1 aromatic rings. The van der Waals surface area contributed by atoms with Crippen LogP contribution >= 0.6 is 0 Å². The fourth-order valence-corrected chi connectivity index (χ4v) is 2.89. The van der Waals surface area contributed by atoms with Gasteiger partial charge in [0.05, 0.1) is 12.5 Å². The van der Waals surface area contributed by atoms with Gasteiger partial charge in [-0.2, -0.15) is 0 Å². The third-order valence-corrected chi connectivity index (χ3v) is 4.11. The van der Waals surface area contributed by atoms with Crippen molar-refractivity contribution in [3.8, 4) is 11.5 Å². The Balaban J connectivity index is 1.45. The average Bonchev–Trinajstić information content (AvgIpc) is 3.10. The largest absolute Gasteiger partial charge is 0.454 e. The molecule has 2 aliphatic heterocycles. The smallest absolute Gasteiger partial charge is 0.247 e. The summed E-state index contributed by atoms with van der Waals surface area (Å²) in [5.41, 5.74) is 0.940. The minimum atomic E-state index is -0.420. The maximum absolute atomic E-state index is 12.2. The molecular weight excluding hydrogens is 272 g/mol. The lowest BCUT2D eigenvalue weighted by atomic mass is 10.1. The van der Waals surface area contributed by atoms with E-state index in [1.807, 2.05) is 18.2 Å². The number of ether oxygens (including phenoxy) is 2. The van der Waals surface area contributed by atoms with E-state index < -0.39 is 6.04 Å². The summed E-state index contributed by atoms with van der Waals surface area (Å²) in [4.78, 5) is 25.6. The van der Waals surface area contributed by atoms with Crippen molar-refractivity contribution in [3.05, 3.63) is 23.8 Å². The van der Waals surface area contributed by atoms with Crippen LogP contribution in [0.3, 0.4) is 0 Å². The van der Waals surface area contributed by atoms with Gasteiger partial charge in [-0.05, 0) is 18.9 Å². The number of imide groups is 1. The Hall–Kier alpha value is -2.08. The number of hydrogen-bond donors (Lipinski definition) is 1. The highest BCUT2D eigenvalue weighted by Gasteiger charge is 2.45. The van der Waals surface area contributed by atoms with E-state index in [4.69, 9.17) is 9.47 Å². The van der Waals surface area contributed by atoms with E-state index >= 15 is 0 Å². The van der Waals surface area contributed by atoms with Crippen LogP contribution in [0.4, 0.5) is 0 Å². The molecule has 0 aromatic heterocycles. The number of carbonyl (C=O) groups is 2. The zero-order valence-corrected chi connectivity index (χ0v) is 11.5. The molecule has 1 aromatic carbocycles. The lowest BCUT2D eigenvalue weighted by molar-refractivity contribution is -0.139. The van der Waals surface area contributed by atoms with Crippen molar-refractivity contribution >= 4 is 11.8 Å². The summed E-state index contributed by atoms with van der Waals surface area (Å²) < 4.78 is 10.8. The highest BCUT2D eigenvalue weighted by atomic mass is 16.7. The number of nitrogens with one attached hydrogen (secondary N) is 1. The van der Waals surface area contributed by atoms with E-state index in [0.29, 0.717) is 6.54 Å². The van der Waals surface area contributed by atoms with E-state index in [1.54, 1.807) is 0 Å². The Kier molecular flexibility index (Phi) is 2.85. The van der Waals surface area contributed by atoms with E-state index in [2.05, 4.69) is 5.32 Å². The fourth-order valence-electron chi connectivity index (χ4n) is 2.89. The van der Waals surface area contributed by atoms with Gasteiger partial charge in [0.25, 0.3) is 0 Å². The normalized spacial score (nSPS) is 24.0. The minimum absolute atomic E-state index is 0.0575. The van der Waals surface area contributed by atoms with Crippen LogP contribution in [0.1, 0.15) is 24.8 Å². The Morgan fingerprint density at radius 3 is 2.90 bits per heavy atom. The lowest BCUT2D eigenvalue weighted by Gasteiger charge is -2.14. The summed E-state index contributed by atoms with van der Waals surface area (Å²) >= 11 is 0. The van der Waals surface area contributed by atoms with E-state index in [0.717, 1.165) is 29.9 Å². The SMILES string of the molecule is O=C1CC(NCc2cccc3c2OCO3)C(=O)N1C1CC1. The molecule has 21 heavy (non-hydrogen) atoms. The summed E-state index contributed by atoms with van der Waals surface area (Å²) in [5, 5.41) is 3.17. The summed E-state index contributed by atoms with van der Waals surface area (Å²) in [6.45, 7) is 0.706. The molecule has 1 saturated heterocycles. The number of hydrogen-bond acceptors (Lipinski definition) is 5. The summed E-state index contributed by atoms with van der Waals surface area (Å²) in [6.07, 6.45) is 2.14. The molecule has 1 atom stereocenters. The molecule has 1 N–H and O–H groups in total. The van der Waals surface area contributed by atoms with Crippen molar-refractivity contribution in [2.45, 2.75) is 37.9 Å². The first-order valence-electron chi connectivity index (χ1n) is 7.21. The molecule has 1 unspecified atom stereocenters. The van der Waals surface area contributed by atoms with E-state index in [9.17, 15) is 9.59 Å². The molecule has 110 valence electrons. The molecule has 1 aliphatic carbocycles. The number of rotatable bonds is 4. The maximum atomic E-state index is 12.2. The molecule has 6 heteroatoms. The predicted molar refractivity (Wildman–Crippen MR) is 72.7 cm³/mol. The second-order valence-electron chi connectivity index (χ2n) is 5.62. The Morgan fingerprint density at radius 2 is 2.10 bits per heavy atom. The zero-order valence-electron chi connectivity index (χ0n) is 11.5. The molecule has 4 rings (SSSR count). The lowest BCUT2D eigenvalue weighted by Crippen LogP contribution is -2.39. The molecule has 2 heterocycles. The third kappa shape index (κ3) is 2.15. The number of carbonyl (C=O) groups excluding carboxylic acids is 2. The zero-order chi connectivity index (χ0) is 14.4. The molecule has 0 bridgehead atoms. The van der Waals surface area contributed by atoms with Crippen molar-refractivity contribution in [1.82, 2.24) is 10.2 Å². The van der Waals surface area contributed by atoms with Crippen molar-refractivity contribution in [2.24, 2.45) is 0 Å². The summed E-state index contributed by atoms with van der Waals surface area (Å²) in [5.74, 6) is 1.30. The first kappa shape index (κ1) is 12.6.